The van der Waals surface area contributed by atoms with Crippen LogP contribution in [0.15, 0.2) is 24.3 Å². The van der Waals surface area contributed by atoms with Gasteiger partial charge >= 0.3 is 5.97 Å². The van der Waals surface area contributed by atoms with E-state index in [-0.39, 0.29) is 5.82 Å². The number of rotatable bonds is 3. The van der Waals surface area contributed by atoms with E-state index in [0.29, 0.717) is 12.2 Å². The molecule has 2 aromatic rings. The number of aromatic carboxylic acids is 1. The lowest BCUT2D eigenvalue weighted by Crippen LogP contribution is -1.99. The van der Waals surface area contributed by atoms with E-state index in [1.165, 1.54) is 0 Å². The number of benzene rings is 1. The lowest BCUT2D eigenvalue weighted by atomic mass is 10.1. The van der Waals surface area contributed by atoms with E-state index in [9.17, 15) is 4.79 Å². The van der Waals surface area contributed by atoms with Crippen LogP contribution in [-0.2, 0) is 6.42 Å². The van der Waals surface area contributed by atoms with Crippen molar-refractivity contribution in [3.05, 3.63) is 47.0 Å². The smallest absolute Gasteiger partial charge is 0.375 e. The van der Waals surface area contributed by atoms with Gasteiger partial charge in [0.05, 0.1) is 0 Å². The average molecular weight is 217 g/mol. The van der Waals surface area contributed by atoms with Gasteiger partial charge < -0.3 is 5.11 Å². The monoisotopic (exact) mass is 217 g/mol. The molecule has 0 bridgehead atoms. The molecule has 0 amide bonds. The number of carbonyl (C=O) groups is 1. The Hall–Kier alpha value is -2.17. The molecule has 0 aliphatic heterocycles. The third-order valence-corrected chi connectivity index (χ3v) is 2.34. The van der Waals surface area contributed by atoms with E-state index in [2.05, 4.69) is 15.2 Å². The zero-order valence-electron chi connectivity index (χ0n) is 8.77. The van der Waals surface area contributed by atoms with E-state index in [4.69, 9.17) is 5.11 Å². The molecule has 2 N–H and O–H groups in total. The van der Waals surface area contributed by atoms with Gasteiger partial charge in [0.1, 0.15) is 5.82 Å². The summed E-state index contributed by atoms with van der Waals surface area (Å²) in [4.78, 5) is 14.5. The molecule has 5 heteroatoms. The van der Waals surface area contributed by atoms with E-state index in [1.54, 1.807) is 0 Å². The number of hydrogen-bond acceptors (Lipinski definition) is 3. The molecule has 0 atom stereocenters. The van der Waals surface area contributed by atoms with Crippen molar-refractivity contribution in [1.29, 1.82) is 0 Å². The van der Waals surface area contributed by atoms with Crippen LogP contribution in [-0.4, -0.2) is 26.3 Å². The Morgan fingerprint density at radius 2 is 2.19 bits per heavy atom. The molecule has 0 unspecified atom stereocenters. The third kappa shape index (κ3) is 2.08. The van der Waals surface area contributed by atoms with Gasteiger partial charge in [-0.2, -0.15) is 0 Å². The molecule has 1 aromatic carbocycles. The summed E-state index contributed by atoms with van der Waals surface area (Å²) in [5.41, 5.74) is 2.26. The maximum atomic E-state index is 10.6. The van der Waals surface area contributed by atoms with Crippen molar-refractivity contribution in [3.63, 3.8) is 0 Å². The largest absolute Gasteiger partial charge is 0.475 e. The molecule has 0 fully saturated rings. The van der Waals surface area contributed by atoms with Gasteiger partial charge in [-0.1, -0.05) is 24.3 Å². The van der Waals surface area contributed by atoms with Gasteiger partial charge in [-0.05, 0) is 18.1 Å². The number of carboxylic acid groups (broad SMARTS) is 1. The SMILES string of the molecule is Cc1ccccc1Cc1nc(C(=O)O)n[nH]1. The quantitative estimate of drug-likeness (QED) is 0.814. The fourth-order valence-corrected chi connectivity index (χ4v) is 1.46. The summed E-state index contributed by atoms with van der Waals surface area (Å²) < 4.78 is 0. The summed E-state index contributed by atoms with van der Waals surface area (Å²) in [6, 6.07) is 7.89. The molecule has 0 aliphatic rings. The fourth-order valence-electron chi connectivity index (χ4n) is 1.46. The van der Waals surface area contributed by atoms with Crippen LogP contribution in [0.1, 0.15) is 27.6 Å². The van der Waals surface area contributed by atoms with Gasteiger partial charge in [0.15, 0.2) is 0 Å². The normalized spacial score (nSPS) is 10.3. The van der Waals surface area contributed by atoms with E-state index in [1.807, 2.05) is 31.2 Å². The lowest BCUT2D eigenvalue weighted by molar-refractivity contribution is 0.0684. The average Bonchev–Trinajstić information content (AvgIpc) is 2.70. The summed E-state index contributed by atoms with van der Waals surface area (Å²) in [6.45, 7) is 2.00. The molecule has 0 saturated heterocycles. The Balaban J connectivity index is 2.21. The number of hydrogen-bond donors (Lipinski definition) is 2. The number of aromatic nitrogens is 3. The molecule has 0 aliphatic carbocycles. The first kappa shape index (κ1) is 10.4. The third-order valence-electron chi connectivity index (χ3n) is 2.34. The highest BCUT2D eigenvalue weighted by molar-refractivity contribution is 5.82. The van der Waals surface area contributed by atoms with Crippen molar-refractivity contribution in [2.24, 2.45) is 0 Å². The zero-order valence-corrected chi connectivity index (χ0v) is 8.77. The number of aromatic amines is 1. The Labute approximate surface area is 92.2 Å². The fraction of sp³-hybridized carbons (Fsp3) is 0.182. The van der Waals surface area contributed by atoms with Crippen molar-refractivity contribution >= 4 is 5.97 Å². The highest BCUT2D eigenvalue weighted by atomic mass is 16.4. The number of aryl methyl sites for hydroxylation is 1. The number of H-pyrrole nitrogens is 1. The van der Waals surface area contributed by atoms with Crippen LogP contribution in [0, 0.1) is 6.92 Å². The lowest BCUT2D eigenvalue weighted by Gasteiger charge is -2.01. The number of carboxylic acids is 1. The van der Waals surface area contributed by atoms with Crippen LogP contribution >= 0.6 is 0 Å². The van der Waals surface area contributed by atoms with Crippen LogP contribution in [0.5, 0.6) is 0 Å². The predicted molar refractivity (Wildman–Crippen MR) is 57.3 cm³/mol. The minimum atomic E-state index is -1.12. The van der Waals surface area contributed by atoms with Crippen LogP contribution in [0.3, 0.4) is 0 Å². The Kier molecular flexibility index (Phi) is 2.68. The summed E-state index contributed by atoms with van der Waals surface area (Å²) in [7, 11) is 0. The summed E-state index contributed by atoms with van der Waals surface area (Å²) in [5.74, 6) is -0.748. The van der Waals surface area contributed by atoms with E-state index < -0.39 is 5.97 Å². The number of nitrogens with one attached hydrogen (secondary N) is 1. The van der Waals surface area contributed by atoms with Gasteiger partial charge in [-0.15, -0.1) is 5.10 Å². The predicted octanol–water partition coefficient (Wildman–Crippen LogP) is 1.40. The molecule has 5 nitrogen and oxygen atoms in total. The van der Waals surface area contributed by atoms with Crippen LogP contribution in [0.4, 0.5) is 0 Å². The van der Waals surface area contributed by atoms with Crippen molar-refractivity contribution < 1.29 is 9.90 Å². The van der Waals surface area contributed by atoms with Crippen molar-refractivity contribution in [2.45, 2.75) is 13.3 Å². The second-order valence-corrected chi connectivity index (χ2v) is 3.51. The second kappa shape index (κ2) is 4.14. The first-order valence-corrected chi connectivity index (χ1v) is 4.86. The summed E-state index contributed by atoms with van der Waals surface area (Å²) in [5, 5.41) is 14.9. The minimum absolute atomic E-state index is 0.191. The van der Waals surface area contributed by atoms with Crippen molar-refractivity contribution in [1.82, 2.24) is 15.2 Å². The van der Waals surface area contributed by atoms with Crippen LogP contribution < -0.4 is 0 Å². The first-order chi connectivity index (χ1) is 7.66. The summed E-state index contributed by atoms with van der Waals surface area (Å²) >= 11 is 0. The first-order valence-electron chi connectivity index (χ1n) is 4.86. The molecule has 0 spiro atoms. The van der Waals surface area contributed by atoms with Gasteiger partial charge in [-0.3, -0.25) is 5.10 Å². The molecule has 82 valence electrons. The molecular formula is C11H11N3O2. The van der Waals surface area contributed by atoms with E-state index >= 15 is 0 Å². The van der Waals surface area contributed by atoms with Crippen LogP contribution in [0.2, 0.25) is 0 Å². The molecule has 0 saturated carbocycles. The topological polar surface area (TPSA) is 78.9 Å². The van der Waals surface area contributed by atoms with Gasteiger partial charge in [0, 0.05) is 6.42 Å². The Morgan fingerprint density at radius 3 is 2.81 bits per heavy atom. The molecule has 2 rings (SSSR count). The molecular weight excluding hydrogens is 206 g/mol. The van der Waals surface area contributed by atoms with E-state index in [0.717, 1.165) is 11.1 Å². The maximum absolute atomic E-state index is 10.6. The minimum Gasteiger partial charge on any atom is -0.475 e. The Morgan fingerprint density at radius 1 is 1.44 bits per heavy atom. The second-order valence-electron chi connectivity index (χ2n) is 3.51. The van der Waals surface area contributed by atoms with Crippen LogP contribution in [0.25, 0.3) is 0 Å². The van der Waals surface area contributed by atoms with Gasteiger partial charge in [0.25, 0.3) is 5.82 Å². The van der Waals surface area contributed by atoms with Crippen molar-refractivity contribution in [2.75, 3.05) is 0 Å². The molecule has 1 aromatic heterocycles. The highest BCUT2D eigenvalue weighted by Gasteiger charge is 2.10. The van der Waals surface area contributed by atoms with Gasteiger partial charge in [0.2, 0.25) is 0 Å². The Bertz CT molecular complexity index is 519. The summed E-state index contributed by atoms with van der Waals surface area (Å²) in [6.07, 6.45) is 0.562. The molecule has 0 radical (unpaired) electrons. The zero-order chi connectivity index (χ0) is 11.5. The van der Waals surface area contributed by atoms with Gasteiger partial charge in [-0.25, -0.2) is 9.78 Å². The maximum Gasteiger partial charge on any atom is 0.375 e. The number of nitrogens with zero attached hydrogens (tertiary/aromatic N) is 2. The molecule has 16 heavy (non-hydrogen) atoms. The van der Waals surface area contributed by atoms with Crippen molar-refractivity contribution in [3.8, 4) is 0 Å². The highest BCUT2D eigenvalue weighted by Crippen LogP contribution is 2.10. The molecule has 1 heterocycles. The standard InChI is InChI=1S/C11H11N3O2/c1-7-4-2-3-5-8(7)6-9-12-10(11(15)16)14-13-9/h2-5H,6H2,1H3,(H,15,16)(H,12,13,14).